The molecule has 218 valence electrons. The molecule has 0 aliphatic carbocycles. The average molecular weight is 550 g/mol. The quantitative estimate of drug-likeness (QED) is 0.424. The number of primary amides is 1. The Hall–Kier alpha value is -2.91. The molecule has 1 unspecified atom stereocenters. The molecular weight excluding hydrogens is 502 g/mol. The topological polar surface area (TPSA) is 109 Å². The van der Waals surface area contributed by atoms with Crippen LogP contribution in [0.15, 0.2) is 24.3 Å². The van der Waals surface area contributed by atoms with Gasteiger partial charge in [0.05, 0.1) is 5.69 Å². The minimum Gasteiger partial charge on any atom is -0.381 e. The van der Waals surface area contributed by atoms with Gasteiger partial charge in [0.25, 0.3) is 5.91 Å². The summed E-state index contributed by atoms with van der Waals surface area (Å²) < 4.78 is 5.49. The van der Waals surface area contributed by atoms with E-state index in [1.165, 1.54) is 57.3 Å². The summed E-state index contributed by atoms with van der Waals surface area (Å²) in [4.78, 5) is 26.9. The number of ether oxygens (including phenoxy) is 1. The first kappa shape index (κ1) is 28.6. The molecule has 5 rings (SSSR count). The minimum atomic E-state index is -0.587. The smallest absolute Gasteiger partial charge is 0.271 e. The molecular formula is C31H47N7O2. The van der Waals surface area contributed by atoms with E-state index in [1.807, 2.05) is 19.1 Å². The van der Waals surface area contributed by atoms with Gasteiger partial charge in [-0.15, -0.1) is 0 Å². The number of benzene rings is 1. The van der Waals surface area contributed by atoms with Crippen LogP contribution in [-0.2, 0) is 11.2 Å². The summed E-state index contributed by atoms with van der Waals surface area (Å²) in [7, 11) is 0. The number of likely N-dealkylation sites (tertiary alicyclic amines) is 1. The fraction of sp³-hybridized carbons (Fsp3) is 0.645. The van der Waals surface area contributed by atoms with E-state index in [0.29, 0.717) is 24.1 Å². The van der Waals surface area contributed by atoms with Gasteiger partial charge in [-0.25, -0.2) is 9.97 Å². The van der Waals surface area contributed by atoms with Crippen LogP contribution in [0.25, 0.3) is 0 Å². The van der Waals surface area contributed by atoms with Gasteiger partial charge in [-0.2, -0.15) is 0 Å². The Morgan fingerprint density at radius 1 is 0.950 bits per heavy atom. The largest absolute Gasteiger partial charge is 0.381 e. The molecule has 3 aliphatic rings. The van der Waals surface area contributed by atoms with Crippen LogP contribution in [0.1, 0.15) is 81.4 Å². The third-order valence-electron chi connectivity index (χ3n) is 8.88. The van der Waals surface area contributed by atoms with Gasteiger partial charge in [-0.05, 0) is 88.2 Å². The van der Waals surface area contributed by atoms with E-state index in [2.05, 4.69) is 44.5 Å². The van der Waals surface area contributed by atoms with Crippen molar-refractivity contribution in [1.29, 1.82) is 0 Å². The van der Waals surface area contributed by atoms with Crippen LogP contribution in [0.3, 0.4) is 0 Å². The first-order valence-electron chi connectivity index (χ1n) is 15.4. The number of aromatic nitrogens is 2. The fourth-order valence-corrected chi connectivity index (χ4v) is 6.32. The number of piperidine rings is 1. The molecule has 9 heteroatoms. The lowest BCUT2D eigenvalue weighted by molar-refractivity contribution is 0.0903. The number of hydrogen-bond donors (Lipinski definition) is 3. The normalized spacial score (nSPS) is 21.9. The number of nitrogens with zero attached hydrogens (tertiary/aromatic N) is 4. The van der Waals surface area contributed by atoms with E-state index >= 15 is 0 Å². The van der Waals surface area contributed by atoms with Crippen molar-refractivity contribution in [1.82, 2.24) is 14.9 Å². The van der Waals surface area contributed by atoms with E-state index in [-0.39, 0.29) is 11.7 Å². The van der Waals surface area contributed by atoms with Crippen LogP contribution in [0.5, 0.6) is 0 Å². The maximum Gasteiger partial charge on any atom is 0.271 e. The summed E-state index contributed by atoms with van der Waals surface area (Å²) in [5.41, 5.74) is 8.70. The number of nitrogens with two attached hydrogens (primary N) is 1. The van der Waals surface area contributed by atoms with Crippen molar-refractivity contribution < 1.29 is 9.53 Å². The summed E-state index contributed by atoms with van der Waals surface area (Å²) in [6.45, 7) is 10.6. The van der Waals surface area contributed by atoms with Crippen molar-refractivity contribution in [2.24, 2.45) is 11.7 Å². The second kappa shape index (κ2) is 13.6. The van der Waals surface area contributed by atoms with Crippen molar-refractivity contribution in [3.05, 3.63) is 35.7 Å². The van der Waals surface area contributed by atoms with E-state index in [1.54, 1.807) is 0 Å². The van der Waals surface area contributed by atoms with Crippen LogP contribution < -0.4 is 21.3 Å². The predicted molar refractivity (Wildman–Crippen MR) is 162 cm³/mol. The number of amides is 1. The van der Waals surface area contributed by atoms with E-state index in [0.717, 1.165) is 56.4 Å². The number of carbonyl (C=O) groups is 1. The zero-order valence-corrected chi connectivity index (χ0v) is 24.3. The number of carbonyl (C=O) groups excluding carboxylic acids is 1. The fourth-order valence-electron chi connectivity index (χ4n) is 6.32. The molecule has 0 radical (unpaired) electrons. The molecule has 3 aliphatic heterocycles. The maximum absolute atomic E-state index is 12.3. The number of nitrogens with one attached hydrogen (secondary N) is 2. The number of aryl methyl sites for hydroxylation is 1. The molecule has 2 aromatic rings. The molecule has 3 fully saturated rings. The molecule has 4 N–H and O–H groups in total. The third-order valence-corrected chi connectivity index (χ3v) is 8.88. The molecule has 1 aromatic heterocycles. The van der Waals surface area contributed by atoms with Crippen molar-refractivity contribution in [2.75, 3.05) is 54.9 Å². The Bertz CT molecular complexity index is 1110. The Morgan fingerprint density at radius 3 is 2.40 bits per heavy atom. The summed E-state index contributed by atoms with van der Waals surface area (Å²) >= 11 is 0. The van der Waals surface area contributed by atoms with Gasteiger partial charge in [-0.3, -0.25) is 4.79 Å². The Labute approximate surface area is 239 Å². The zero-order chi connectivity index (χ0) is 27.9. The highest BCUT2D eigenvalue weighted by atomic mass is 16.5. The standard InChI is InChI=1S/C31H47N7O2/c1-3-27-30(33-24-14-20-40-21-15-24)36-31(28(35-27)29(32)39)34-23-7-9-25(10-8-23)38-18-12-26(13-19-38)37-16-5-4-6-22(2)11-17-37/h7-10,22,24,26H,3-6,11-21H2,1-2H3,(H2,32,39)(H2,33,34,36). The first-order valence-corrected chi connectivity index (χ1v) is 15.4. The number of anilines is 4. The zero-order valence-electron chi connectivity index (χ0n) is 24.3. The van der Waals surface area contributed by atoms with Crippen molar-refractivity contribution in [3.8, 4) is 0 Å². The Morgan fingerprint density at radius 2 is 1.70 bits per heavy atom. The minimum absolute atomic E-state index is 0.166. The second-order valence-corrected chi connectivity index (χ2v) is 11.8. The monoisotopic (exact) mass is 549 g/mol. The van der Waals surface area contributed by atoms with Gasteiger partial charge in [0.2, 0.25) is 0 Å². The summed E-state index contributed by atoms with van der Waals surface area (Å²) in [6.07, 6.45) is 10.4. The Kier molecular flexibility index (Phi) is 9.75. The summed E-state index contributed by atoms with van der Waals surface area (Å²) in [5, 5.41) is 6.84. The third kappa shape index (κ3) is 7.23. The first-order chi connectivity index (χ1) is 19.5. The van der Waals surface area contributed by atoms with Crippen LogP contribution in [0, 0.1) is 5.92 Å². The number of hydrogen-bond acceptors (Lipinski definition) is 8. The lowest BCUT2D eigenvalue weighted by atomic mass is 9.95. The number of rotatable bonds is 8. The molecule has 4 heterocycles. The molecule has 0 saturated carbocycles. The molecule has 1 amide bonds. The van der Waals surface area contributed by atoms with Gasteiger partial charge in [0, 0.05) is 49.8 Å². The lowest BCUT2D eigenvalue weighted by Crippen LogP contribution is -2.46. The molecule has 0 spiro atoms. The van der Waals surface area contributed by atoms with Crippen LogP contribution in [-0.4, -0.2) is 72.3 Å². The molecule has 0 bridgehead atoms. The van der Waals surface area contributed by atoms with Crippen molar-refractivity contribution >= 4 is 28.9 Å². The van der Waals surface area contributed by atoms with Gasteiger partial charge in [-0.1, -0.05) is 26.7 Å². The highest BCUT2D eigenvalue weighted by Crippen LogP contribution is 2.28. The van der Waals surface area contributed by atoms with Crippen LogP contribution >= 0.6 is 0 Å². The SMILES string of the molecule is CCc1nc(C(N)=O)c(Nc2ccc(N3CCC(N4CCCCC(C)CC4)CC3)cc2)nc1NC1CCOCC1. The average Bonchev–Trinajstić information content (AvgIpc) is 2.96. The van der Waals surface area contributed by atoms with Gasteiger partial charge in [0.15, 0.2) is 17.3 Å². The molecule has 1 atom stereocenters. The lowest BCUT2D eigenvalue weighted by Gasteiger charge is -2.40. The van der Waals surface area contributed by atoms with E-state index < -0.39 is 5.91 Å². The Balaban J connectivity index is 1.23. The second-order valence-electron chi connectivity index (χ2n) is 11.8. The van der Waals surface area contributed by atoms with Gasteiger partial charge in [0.1, 0.15) is 0 Å². The summed E-state index contributed by atoms with van der Waals surface area (Å²) in [5.74, 6) is 1.36. The van der Waals surface area contributed by atoms with Crippen LogP contribution in [0.4, 0.5) is 23.0 Å². The predicted octanol–water partition coefficient (Wildman–Crippen LogP) is 4.95. The van der Waals surface area contributed by atoms with Gasteiger partial charge < -0.3 is 30.9 Å². The summed E-state index contributed by atoms with van der Waals surface area (Å²) in [6, 6.07) is 9.39. The molecule has 9 nitrogen and oxygen atoms in total. The van der Waals surface area contributed by atoms with Gasteiger partial charge >= 0.3 is 0 Å². The molecule has 3 saturated heterocycles. The van der Waals surface area contributed by atoms with Crippen molar-refractivity contribution in [2.45, 2.75) is 83.7 Å². The molecule has 40 heavy (non-hydrogen) atoms. The highest BCUT2D eigenvalue weighted by molar-refractivity contribution is 5.96. The van der Waals surface area contributed by atoms with Crippen LogP contribution in [0.2, 0.25) is 0 Å². The van der Waals surface area contributed by atoms with E-state index in [4.69, 9.17) is 15.5 Å². The maximum atomic E-state index is 12.3. The molecule has 1 aromatic carbocycles. The van der Waals surface area contributed by atoms with E-state index in [9.17, 15) is 4.79 Å². The van der Waals surface area contributed by atoms with Crippen molar-refractivity contribution in [3.63, 3.8) is 0 Å². The highest BCUT2D eigenvalue weighted by Gasteiger charge is 2.26.